The van der Waals surface area contributed by atoms with E-state index in [0.717, 1.165) is 17.9 Å². The van der Waals surface area contributed by atoms with Gasteiger partial charge in [0.2, 0.25) is 0 Å². The molecular weight excluding hydrogens is 198 g/mol. The van der Waals surface area contributed by atoms with Gasteiger partial charge in [0.25, 0.3) is 0 Å². The van der Waals surface area contributed by atoms with Gasteiger partial charge in [-0.05, 0) is 37.1 Å². The van der Waals surface area contributed by atoms with Crippen molar-refractivity contribution in [3.8, 4) is 0 Å². The Bertz CT molecular complexity index is 485. The zero-order chi connectivity index (χ0) is 11.5. The molecule has 1 heterocycles. The SMILES string of the molecule is Cc1ccc(C)c(Cc2ccc(CN)o2)c1. The van der Waals surface area contributed by atoms with Crippen LogP contribution in [0.4, 0.5) is 0 Å². The van der Waals surface area contributed by atoms with Gasteiger partial charge < -0.3 is 10.2 Å². The molecule has 0 bridgehead atoms. The van der Waals surface area contributed by atoms with E-state index in [1.165, 1.54) is 16.7 Å². The van der Waals surface area contributed by atoms with Crippen LogP contribution in [0.3, 0.4) is 0 Å². The monoisotopic (exact) mass is 215 g/mol. The normalized spacial score (nSPS) is 10.7. The minimum atomic E-state index is 0.465. The fraction of sp³-hybridized carbons (Fsp3) is 0.286. The van der Waals surface area contributed by atoms with Crippen LogP contribution in [-0.4, -0.2) is 0 Å². The highest BCUT2D eigenvalue weighted by atomic mass is 16.3. The molecule has 0 aliphatic heterocycles. The predicted octanol–water partition coefficient (Wildman–Crippen LogP) is 2.95. The van der Waals surface area contributed by atoms with Gasteiger partial charge in [-0.2, -0.15) is 0 Å². The molecule has 0 unspecified atom stereocenters. The van der Waals surface area contributed by atoms with Crippen LogP contribution < -0.4 is 5.73 Å². The van der Waals surface area contributed by atoms with Crippen molar-refractivity contribution in [2.24, 2.45) is 5.73 Å². The van der Waals surface area contributed by atoms with Crippen LogP contribution >= 0.6 is 0 Å². The molecule has 2 aromatic rings. The Morgan fingerprint density at radius 2 is 1.81 bits per heavy atom. The number of hydrogen-bond acceptors (Lipinski definition) is 2. The van der Waals surface area contributed by atoms with Crippen LogP contribution in [0.5, 0.6) is 0 Å². The molecule has 0 aliphatic carbocycles. The van der Waals surface area contributed by atoms with Gasteiger partial charge in [0.1, 0.15) is 11.5 Å². The maximum absolute atomic E-state index is 5.61. The van der Waals surface area contributed by atoms with Crippen LogP contribution in [0.25, 0.3) is 0 Å². The molecule has 0 atom stereocenters. The van der Waals surface area contributed by atoms with Crippen molar-refractivity contribution < 1.29 is 4.42 Å². The van der Waals surface area contributed by atoms with Crippen molar-refractivity contribution in [3.05, 3.63) is 58.5 Å². The van der Waals surface area contributed by atoms with Gasteiger partial charge in [-0.1, -0.05) is 23.8 Å². The maximum atomic E-state index is 5.61. The van der Waals surface area contributed by atoms with Crippen LogP contribution in [0.2, 0.25) is 0 Å². The first-order valence-electron chi connectivity index (χ1n) is 5.53. The molecule has 16 heavy (non-hydrogen) atoms. The highest BCUT2D eigenvalue weighted by Gasteiger charge is 2.04. The van der Waals surface area contributed by atoms with Gasteiger partial charge >= 0.3 is 0 Å². The fourth-order valence-corrected chi connectivity index (χ4v) is 1.81. The second-order valence-electron chi connectivity index (χ2n) is 4.18. The maximum Gasteiger partial charge on any atom is 0.117 e. The summed E-state index contributed by atoms with van der Waals surface area (Å²) < 4.78 is 5.61. The number of furan rings is 1. The van der Waals surface area contributed by atoms with Crippen LogP contribution in [0.15, 0.2) is 34.7 Å². The Hall–Kier alpha value is -1.54. The van der Waals surface area contributed by atoms with Crippen molar-refractivity contribution in [1.29, 1.82) is 0 Å². The van der Waals surface area contributed by atoms with Crippen molar-refractivity contribution >= 4 is 0 Å². The summed E-state index contributed by atoms with van der Waals surface area (Å²) in [5, 5.41) is 0. The lowest BCUT2D eigenvalue weighted by Crippen LogP contribution is -1.94. The molecule has 2 N–H and O–H groups in total. The summed E-state index contributed by atoms with van der Waals surface area (Å²) in [6.07, 6.45) is 0.841. The van der Waals surface area contributed by atoms with E-state index in [1.807, 2.05) is 12.1 Å². The van der Waals surface area contributed by atoms with Gasteiger partial charge in [0.15, 0.2) is 0 Å². The summed E-state index contributed by atoms with van der Waals surface area (Å²) in [6, 6.07) is 10.4. The van der Waals surface area contributed by atoms with Gasteiger partial charge in [-0.15, -0.1) is 0 Å². The number of hydrogen-bond donors (Lipinski definition) is 1. The molecule has 0 saturated carbocycles. The summed E-state index contributed by atoms with van der Waals surface area (Å²) in [6.45, 7) is 4.70. The Labute approximate surface area is 96.1 Å². The first-order chi connectivity index (χ1) is 7.69. The van der Waals surface area contributed by atoms with E-state index >= 15 is 0 Å². The highest BCUT2D eigenvalue weighted by Crippen LogP contribution is 2.17. The molecular formula is C14H17NO. The topological polar surface area (TPSA) is 39.2 Å². The van der Waals surface area contributed by atoms with Crippen LogP contribution in [-0.2, 0) is 13.0 Å². The van der Waals surface area contributed by atoms with Gasteiger partial charge in [0.05, 0.1) is 6.54 Å². The van der Waals surface area contributed by atoms with Crippen molar-refractivity contribution in [1.82, 2.24) is 0 Å². The summed E-state index contributed by atoms with van der Waals surface area (Å²) in [4.78, 5) is 0. The third-order valence-corrected chi connectivity index (χ3v) is 2.79. The van der Waals surface area contributed by atoms with Gasteiger partial charge in [0, 0.05) is 6.42 Å². The number of rotatable bonds is 3. The second kappa shape index (κ2) is 4.54. The summed E-state index contributed by atoms with van der Waals surface area (Å²) in [7, 11) is 0. The van der Waals surface area contributed by atoms with Crippen molar-refractivity contribution in [2.45, 2.75) is 26.8 Å². The van der Waals surface area contributed by atoms with Crippen molar-refractivity contribution in [3.63, 3.8) is 0 Å². The molecule has 1 aromatic heterocycles. The summed E-state index contributed by atoms with van der Waals surface area (Å²) in [5.74, 6) is 1.83. The first kappa shape index (κ1) is 11.0. The Morgan fingerprint density at radius 3 is 2.50 bits per heavy atom. The molecule has 0 aliphatic rings. The average molecular weight is 215 g/mol. The highest BCUT2D eigenvalue weighted by molar-refractivity contribution is 5.33. The standard InChI is InChI=1S/C14H17NO/c1-10-3-4-11(2)12(7-10)8-13-5-6-14(9-15)16-13/h3-7H,8-9,15H2,1-2H3. The first-order valence-corrected chi connectivity index (χ1v) is 5.53. The summed E-state index contributed by atoms with van der Waals surface area (Å²) >= 11 is 0. The molecule has 2 rings (SSSR count). The van der Waals surface area contributed by atoms with Gasteiger partial charge in [-0.3, -0.25) is 0 Å². The van der Waals surface area contributed by atoms with Gasteiger partial charge in [-0.25, -0.2) is 0 Å². The van der Waals surface area contributed by atoms with E-state index in [4.69, 9.17) is 10.2 Å². The summed E-state index contributed by atoms with van der Waals surface area (Å²) in [5.41, 5.74) is 9.42. The molecule has 1 aromatic carbocycles. The Balaban J connectivity index is 2.22. The molecule has 0 amide bonds. The van der Waals surface area contributed by atoms with Crippen molar-refractivity contribution in [2.75, 3.05) is 0 Å². The van der Waals surface area contributed by atoms with E-state index in [-0.39, 0.29) is 0 Å². The minimum absolute atomic E-state index is 0.465. The van der Waals surface area contributed by atoms with E-state index in [1.54, 1.807) is 0 Å². The lowest BCUT2D eigenvalue weighted by atomic mass is 10.0. The number of nitrogens with two attached hydrogens (primary N) is 1. The van der Waals surface area contributed by atoms with Crippen LogP contribution in [0, 0.1) is 13.8 Å². The number of aryl methyl sites for hydroxylation is 2. The minimum Gasteiger partial charge on any atom is -0.464 e. The predicted molar refractivity (Wildman–Crippen MR) is 65.3 cm³/mol. The Morgan fingerprint density at radius 1 is 1.06 bits per heavy atom. The molecule has 84 valence electrons. The van der Waals surface area contributed by atoms with E-state index in [0.29, 0.717) is 6.54 Å². The number of benzene rings is 1. The fourth-order valence-electron chi connectivity index (χ4n) is 1.81. The van der Waals surface area contributed by atoms with E-state index < -0.39 is 0 Å². The van der Waals surface area contributed by atoms with E-state index in [9.17, 15) is 0 Å². The zero-order valence-electron chi connectivity index (χ0n) is 9.79. The molecule has 2 heteroatoms. The lowest BCUT2D eigenvalue weighted by Gasteiger charge is -2.05. The zero-order valence-corrected chi connectivity index (χ0v) is 9.79. The molecule has 0 radical (unpaired) electrons. The smallest absolute Gasteiger partial charge is 0.117 e. The second-order valence-corrected chi connectivity index (χ2v) is 4.18. The quantitative estimate of drug-likeness (QED) is 0.855. The molecule has 0 saturated heterocycles. The Kier molecular flexibility index (Phi) is 3.11. The van der Waals surface area contributed by atoms with Crippen LogP contribution in [0.1, 0.15) is 28.2 Å². The third-order valence-electron chi connectivity index (χ3n) is 2.79. The third kappa shape index (κ3) is 2.34. The molecule has 0 fully saturated rings. The molecule has 2 nitrogen and oxygen atoms in total. The lowest BCUT2D eigenvalue weighted by molar-refractivity contribution is 0.475. The van der Waals surface area contributed by atoms with E-state index in [2.05, 4.69) is 32.0 Å². The molecule has 0 spiro atoms. The largest absolute Gasteiger partial charge is 0.464 e. The average Bonchev–Trinajstić information content (AvgIpc) is 2.71.